The van der Waals surface area contributed by atoms with Crippen molar-refractivity contribution in [3.63, 3.8) is 0 Å². The highest BCUT2D eigenvalue weighted by molar-refractivity contribution is 7.47. The van der Waals surface area contributed by atoms with Crippen molar-refractivity contribution in [1.82, 2.24) is 5.32 Å². The molecule has 0 aromatic rings. The van der Waals surface area contributed by atoms with E-state index in [-0.39, 0.29) is 19.1 Å². The number of unbranched alkanes of at least 4 members (excludes halogenated alkanes) is 9. The lowest BCUT2D eigenvalue weighted by atomic mass is 10.0. The number of aliphatic hydroxyl groups is 1. The summed E-state index contributed by atoms with van der Waals surface area (Å²) in [6.45, 7) is 4.66. The summed E-state index contributed by atoms with van der Waals surface area (Å²) >= 11 is 0. The number of quaternary nitrogens is 1. The Kier molecular flexibility index (Phi) is 30.0. The van der Waals surface area contributed by atoms with Gasteiger partial charge in [-0.25, -0.2) is 4.57 Å². The number of carbonyl (C=O) groups is 1. The summed E-state index contributed by atoms with van der Waals surface area (Å²) in [4.78, 5) is 22.9. The van der Waals surface area contributed by atoms with Crippen LogP contribution in [0.4, 0.5) is 0 Å². The molecule has 3 atom stereocenters. The van der Waals surface area contributed by atoms with E-state index in [0.29, 0.717) is 23.9 Å². The van der Waals surface area contributed by atoms with E-state index in [4.69, 9.17) is 9.05 Å². The molecule has 0 saturated heterocycles. The Hall–Kier alpha value is -1.80. The number of phosphoric ester groups is 1. The van der Waals surface area contributed by atoms with Crippen molar-refractivity contribution in [2.24, 2.45) is 0 Å². The first-order valence-corrected chi connectivity index (χ1v) is 20.1. The fourth-order valence-electron chi connectivity index (χ4n) is 4.77. The average molecular weight is 696 g/mol. The van der Waals surface area contributed by atoms with Gasteiger partial charge in [-0.1, -0.05) is 126 Å². The molecule has 3 N–H and O–H groups in total. The molecule has 9 heteroatoms. The number of nitrogens with one attached hydrogen (secondary N) is 1. The van der Waals surface area contributed by atoms with Crippen LogP contribution in [0.15, 0.2) is 60.8 Å². The van der Waals surface area contributed by atoms with E-state index in [1.165, 1.54) is 25.7 Å². The van der Waals surface area contributed by atoms with Crippen LogP contribution in [0.3, 0.4) is 0 Å². The first-order valence-electron chi connectivity index (χ1n) is 18.7. The third-order valence-corrected chi connectivity index (χ3v) is 8.76. The molecule has 0 spiro atoms. The molecule has 0 aliphatic rings. The Morgan fingerprint density at radius 3 is 1.81 bits per heavy atom. The minimum Gasteiger partial charge on any atom is -0.391 e. The summed E-state index contributed by atoms with van der Waals surface area (Å²) in [5.74, 6) is -0.184. The first-order chi connectivity index (χ1) is 23.0. The molecule has 0 fully saturated rings. The number of nitrogens with zero attached hydrogens (tertiary/aromatic N) is 1. The highest BCUT2D eigenvalue weighted by Gasteiger charge is 2.28. The van der Waals surface area contributed by atoms with Gasteiger partial charge in [0.05, 0.1) is 39.9 Å². The number of hydrogen-bond acceptors (Lipinski definition) is 5. The number of amides is 1. The van der Waals surface area contributed by atoms with Gasteiger partial charge in [0.25, 0.3) is 0 Å². The minimum atomic E-state index is -4.31. The molecule has 0 rings (SSSR count). The van der Waals surface area contributed by atoms with Gasteiger partial charge in [-0.3, -0.25) is 13.8 Å². The summed E-state index contributed by atoms with van der Waals surface area (Å²) in [7, 11) is 1.57. The van der Waals surface area contributed by atoms with E-state index in [0.717, 1.165) is 77.0 Å². The third kappa shape index (κ3) is 32.7. The topological polar surface area (TPSA) is 105 Å². The summed E-state index contributed by atoms with van der Waals surface area (Å²) < 4.78 is 23.4. The van der Waals surface area contributed by atoms with Crippen LogP contribution in [-0.2, 0) is 18.4 Å². The van der Waals surface area contributed by atoms with Crippen LogP contribution in [0, 0.1) is 0 Å². The van der Waals surface area contributed by atoms with E-state index < -0.39 is 20.0 Å². The summed E-state index contributed by atoms with van der Waals surface area (Å²) in [6, 6.07) is -0.777. The van der Waals surface area contributed by atoms with E-state index in [9.17, 15) is 19.4 Å². The van der Waals surface area contributed by atoms with Crippen molar-refractivity contribution < 1.29 is 32.9 Å². The second-order valence-corrected chi connectivity index (χ2v) is 15.0. The van der Waals surface area contributed by atoms with Crippen LogP contribution in [0.25, 0.3) is 0 Å². The lowest BCUT2D eigenvalue weighted by molar-refractivity contribution is -0.870. The quantitative estimate of drug-likeness (QED) is 0.0280. The van der Waals surface area contributed by atoms with Crippen molar-refractivity contribution in [3.8, 4) is 0 Å². The molecule has 0 saturated carbocycles. The number of aliphatic hydroxyl groups excluding tert-OH is 1. The number of likely N-dealkylation sites (N-methyl/N-ethyl adjacent to an activating group) is 1. The Labute approximate surface area is 294 Å². The maximum atomic E-state index is 12.7. The molecule has 0 radical (unpaired) electrons. The lowest BCUT2D eigenvalue weighted by Gasteiger charge is -2.26. The smallest absolute Gasteiger partial charge is 0.391 e. The van der Waals surface area contributed by atoms with Crippen LogP contribution in [-0.4, -0.2) is 73.4 Å². The molecule has 48 heavy (non-hydrogen) atoms. The van der Waals surface area contributed by atoms with Gasteiger partial charge in [-0.2, -0.15) is 0 Å². The second kappa shape index (κ2) is 31.2. The number of hydrogen-bond donors (Lipinski definition) is 3. The largest absolute Gasteiger partial charge is 0.472 e. The maximum absolute atomic E-state index is 12.7. The van der Waals surface area contributed by atoms with Gasteiger partial charge in [-0.15, -0.1) is 0 Å². The molecule has 0 aliphatic heterocycles. The fourth-order valence-corrected chi connectivity index (χ4v) is 5.51. The maximum Gasteiger partial charge on any atom is 0.472 e. The summed E-state index contributed by atoms with van der Waals surface area (Å²) in [6.07, 6.45) is 38.3. The Morgan fingerprint density at radius 2 is 1.25 bits per heavy atom. The predicted molar refractivity (Wildman–Crippen MR) is 203 cm³/mol. The van der Waals surface area contributed by atoms with Crippen molar-refractivity contribution >= 4 is 13.7 Å². The van der Waals surface area contributed by atoms with Crippen molar-refractivity contribution in [3.05, 3.63) is 60.8 Å². The first kappa shape index (κ1) is 46.2. The van der Waals surface area contributed by atoms with Crippen LogP contribution in [0.5, 0.6) is 0 Å². The number of phosphoric acid groups is 1. The standard InChI is InChI=1S/C39H71N2O6P/c1-6-8-10-12-14-15-16-17-18-19-20-21-22-23-24-25-27-29-31-33-39(43)40-37(38(42)32-30-28-26-13-11-9-7-2)36-47-48(44,45)46-35-34-41(3,4)5/h8,10,14-15,17-18,20-21,23-24,37-38,42H,6-7,9,11-13,16,19,22,25-36H2,1-5H3,(H-,40,43,44,45)/p+1/b10-8-,15-14-,18-17-,21-20-,24-23-. The normalized spacial score (nSPS) is 15.4. The highest BCUT2D eigenvalue weighted by atomic mass is 31.2. The lowest BCUT2D eigenvalue weighted by Crippen LogP contribution is -2.46. The molecule has 1 amide bonds. The molecule has 0 heterocycles. The van der Waals surface area contributed by atoms with Gasteiger partial charge in [0.2, 0.25) is 5.91 Å². The minimum absolute atomic E-state index is 0.0640. The highest BCUT2D eigenvalue weighted by Crippen LogP contribution is 2.43. The van der Waals surface area contributed by atoms with Crippen molar-refractivity contribution in [1.29, 1.82) is 0 Å². The van der Waals surface area contributed by atoms with E-state index in [1.54, 1.807) is 0 Å². The molecular weight excluding hydrogens is 623 g/mol. The average Bonchev–Trinajstić information content (AvgIpc) is 3.02. The predicted octanol–water partition coefficient (Wildman–Crippen LogP) is 9.51. The Balaban J connectivity index is 4.44. The Bertz CT molecular complexity index is 970. The SMILES string of the molecule is CC/C=C\C/C=C\C/C=C\C/C=C\C/C=C\CCCCCC(=O)NC(COP(=O)(O)OCC[N+](C)(C)C)C(O)CCCCCCCCC. The zero-order valence-corrected chi connectivity index (χ0v) is 32.1. The van der Waals surface area contributed by atoms with Crippen LogP contribution < -0.4 is 5.32 Å². The zero-order chi connectivity index (χ0) is 35.8. The fraction of sp³-hybridized carbons (Fsp3) is 0.718. The molecule has 278 valence electrons. The van der Waals surface area contributed by atoms with Crippen LogP contribution in [0.1, 0.15) is 129 Å². The molecule has 3 unspecified atom stereocenters. The van der Waals surface area contributed by atoms with E-state index in [2.05, 4.69) is 79.9 Å². The van der Waals surface area contributed by atoms with E-state index >= 15 is 0 Å². The zero-order valence-electron chi connectivity index (χ0n) is 31.2. The summed E-state index contributed by atoms with van der Waals surface area (Å²) in [5.41, 5.74) is 0. The monoisotopic (exact) mass is 696 g/mol. The molecule has 0 aromatic heterocycles. The molecular formula is C39H72N2O6P+. The molecule has 8 nitrogen and oxygen atoms in total. The van der Waals surface area contributed by atoms with Gasteiger partial charge in [-0.05, 0) is 57.8 Å². The van der Waals surface area contributed by atoms with Gasteiger partial charge in [0.1, 0.15) is 13.2 Å². The van der Waals surface area contributed by atoms with Crippen LogP contribution >= 0.6 is 7.82 Å². The van der Waals surface area contributed by atoms with Gasteiger partial charge in [0.15, 0.2) is 0 Å². The molecule has 0 bridgehead atoms. The van der Waals surface area contributed by atoms with Gasteiger partial charge < -0.3 is 19.8 Å². The molecule has 0 aromatic carbocycles. The van der Waals surface area contributed by atoms with Crippen molar-refractivity contribution in [2.75, 3.05) is 40.9 Å². The van der Waals surface area contributed by atoms with E-state index in [1.807, 2.05) is 21.1 Å². The van der Waals surface area contributed by atoms with Gasteiger partial charge in [0, 0.05) is 6.42 Å². The molecule has 0 aliphatic carbocycles. The Morgan fingerprint density at radius 1 is 0.729 bits per heavy atom. The number of rotatable bonds is 32. The van der Waals surface area contributed by atoms with Gasteiger partial charge >= 0.3 is 7.82 Å². The van der Waals surface area contributed by atoms with Crippen LogP contribution in [0.2, 0.25) is 0 Å². The third-order valence-electron chi connectivity index (χ3n) is 7.78. The number of allylic oxidation sites excluding steroid dienone is 10. The number of carbonyl (C=O) groups excluding carboxylic acids is 1. The summed E-state index contributed by atoms with van der Waals surface area (Å²) in [5, 5.41) is 13.7. The second-order valence-electron chi connectivity index (χ2n) is 13.6. The van der Waals surface area contributed by atoms with Crippen molar-refractivity contribution in [2.45, 2.75) is 142 Å².